The molecule has 1 N–H and O–H groups in total. The lowest BCUT2D eigenvalue weighted by Gasteiger charge is -2.11. The lowest BCUT2D eigenvalue weighted by molar-refractivity contribution is -0.137. The molecule has 0 fully saturated rings. The third-order valence-electron chi connectivity index (χ3n) is 2.72. The van der Waals surface area contributed by atoms with Crippen molar-refractivity contribution in [1.82, 2.24) is 9.59 Å². The fourth-order valence-corrected chi connectivity index (χ4v) is 2.43. The molecule has 0 aliphatic heterocycles. The van der Waals surface area contributed by atoms with Crippen LogP contribution in [0, 0.1) is 0 Å². The monoisotopic (exact) mass is 288 g/mol. The first kappa shape index (κ1) is 14.0. The molecule has 0 amide bonds. The van der Waals surface area contributed by atoms with Crippen molar-refractivity contribution in [2.75, 3.05) is 0 Å². The van der Waals surface area contributed by atoms with Crippen molar-refractivity contribution in [3.05, 3.63) is 46.0 Å². The van der Waals surface area contributed by atoms with Gasteiger partial charge in [0.2, 0.25) is 0 Å². The number of aliphatic hydroxyl groups is 1. The predicted octanol–water partition coefficient (Wildman–Crippen LogP) is 3.20. The Hall–Kier alpha value is -1.47. The quantitative estimate of drug-likeness (QED) is 0.943. The molecular weight excluding hydrogens is 277 g/mol. The Labute approximate surface area is 111 Å². The highest BCUT2D eigenvalue weighted by atomic mass is 32.1. The van der Waals surface area contributed by atoms with Gasteiger partial charge in [0.25, 0.3) is 0 Å². The van der Waals surface area contributed by atoms with Crippen LogP contribution in [0.25, 0.3) is 0 Å². The van der Waals surface area contributed by atoms with E-state index in [9.17, 15) is 18.3 Å². The van der Waals surface area contributed by atoms with E-state index in [0.29, 0.717) is 22.6 Å². The first-order valence-corrected chi connectivity index (χ1v) is 6.37. The second-order valence-electron chi connectivity index (χ2n) is 3.96. The third-order valence-corrected chi connectivity index (χ3v) is 3.54. The van der Waals surface area contributed by atoms with Gasteiger partial charge < -0.3 is 5.11 Å². The Kier molecular flexibility index (Phi) is 3.86. The summed E-state index contributed by atoms with van der Waals surface area (Å²) in [6, 6.07) is 4.45. The van der Waals surface area contributed by atoms with Crippen LogP contribution >= 0.6 is 11.5 Å². The molecule has 0 saturated carbocycles. The predicted molar refractivity (Wildman–Crippen MR) is 64.8 cm³/mol. The molecule has 1 aromatic carbocycles. The number of alkyl halides is 3. The van der Waals surface area contributed by atoms with Gasteiger partial charge in [-0.3, -0.25) is 0 Å². The normalized spacial score (nSPS) is 13.5. The van der Waals surface area contributed by atoms with Gasteiger partial charge in [0.05, 0.1) is 16.1 Å². The van der Waals surface area contributed by atoms with Crippen LogP contribution < -0.4 is 0 Å². The van der Waals surface area contributed by atoms with Gasteiger partial charge in [-0.05, 0) is 35.6 Å². The molecule has 1 unspecified atom stereocenters. The topological polar surface area (TPSA) is 46.0 Å². The van der Waals surface area contributed by atoms with Gasteiger partial charge in [-0.15, -0.1) is 5.10 Å². The van der Waals surface area contributed by atoms with Crippen molar-refractivity contribution in [2.24, 2.45) is 0 Å². The van der Waals surface area contributed by atoms with E-state index in [1.54, 1.807) is 0 Å². The summed E-state index contributed by atoms with van der Waals surface area (Å²) in [6.07, 6.45) is -4.74. The Morgan fingerprint density at radius 1 is 1.26 bits per heavy atom. The SMILES string of the molecule is CCc1nnsc1C(O)c1ccc(C(F)(F)F)cc1. The van der Waals surface area contributed by atoms with Crippen molar-refractivity contribution in [3.63, 3.8) is 0 Å². The van der Waals surface area contributed by atoms with Gasteiger partial charge >= 0.3 is 6.18 Å². The maximum atomic E-state index is 12.4. The first-order chi connectivity index (χ1) is 8.93. The zero-order valence-corrected chi connectivity index (χ0v) is 10.8. The summed E-state index contributed by atoms with van der Waals surface area (Å²) >= 11 is 1.05. The van der Waals surface area contributed by atoms with Crippen LogP contribution in [-0.4, -0.2) is 14.7 Å². The highest BCUT2D eigenvalue weighted by Gasteiger charge is 2.30. The minimum atomic E-state index is -4.37. The van der Waals surface area contributed by atoms with E-state index in [0.717, 1.165) is 23.7 Å². The van der Waals surface area contributed by atoms with Crippen LogP contribution in [0.15, 0.2) is 24.3 Å². The van der Waals surface area contributed by atoms with E-state index in [1.807, 2.05) is 6.92 Å². The lowest BCUT2D eigenvalue weighted by Crippen LogP contribution is -2.06. The van der Waals surface area contributed by atoms with E-state index in [1.165, 1.54) is 12.1 Å². The average molecular weight is 288 g/mol. The number of rotatable bonds is 3. The minimum Gasteiger partial charge on any atom is -0.383 e. The molecule has 1 heterocycles. The number of nitrogens with zero attached hydrogens (tertiary/aromatic N) is 2. The minimum absolute atomic E-state index is 0.397. The zero-order chi connectivity index (χ0) is 14.0. The number of aromatic nitrogens is 2. The molecule has 2 rings (SSSR count). The van der Waals surface area contributed by atoms with E-state index >= 15 is 0 Å². The highest BCUT2D eigenvalue weighted by molar-refractivity contribution is 7.05. The molecule has 7 heteroatoms. The number of halogens is 3. The summed E-state index contributed by atoms with van der Waals surface area (Å²) in [6.45, 7) is 1.87. The standard InChI is InChI=1S/C12H11F3N2OS/c1-2-9-11(19-17-16-9)10(18)7-3-5-8(6-4-7)12(13,14)15/h3-6,10,18H,2H2,1H3. The fraction of sp³-hybridized carbons (Fsp3) is 0.333. The smallest absolute Gasteiger partial charge is 0.383 e. The fourth-order valence-electron chi connectivity index (χ4n) is 1.67. The van der Waals surface area contributed by atoms with Crippen LogP contribution in [0.3, 0.4) is 0 Å². The van der Waals surface area contributed by atoms with Crippen LogP contribution in [0.1, 0.15) is 34.7 Å². The summed E-state index contributed by atoms with van der Waals surface area (Å²) in [5.74, 6) is 0. The largest absolute Gasteiger partial charge is 0.416 e. The van der Waals surface area contributed by atoms with E-state index < -0.39 is 17.8 Å². The lowest BCUT2D eigenvalue weighted by atomic mass is 10.0. The van der Waals surface area contributed by atoms with Crippen molar-refractivity contribution in [1.29, 1.82) is 0 Å². The van der Waals surface area contributed by atoms with Crippen molar-refractivity contribution in [2.45, 2.75) is 25.6 Å². The molecule has 0 saturated heterocycles. The number of aliphatic hydroxyl groups excluding tert-OH is 1. The second-order valence-corrected chi connectivity index (χ2v) is 4.75. The maximum Gasteiger partial charge on any atom is 0.416 e. The van der Waals surface area contributed by atoms with E-state index in [2.05, 4.69) is 9.59 Å². The average Bonchev–Trinajstić information content (AvgIpc) is 2.85. The maximum absolute atomic E-state index is 12.4. The van der Waals surface area contributed by atoms with Crippen LogP contribution in [0.5, 0.6) is 0 Å². The summed E-state index contributed by atoms with van der Waals surface area (Å²) in [5.41, 5.74) is 0.327. The Morgan fingerprint density at radius 3 is 2.42 bits per heavy atom. The molecule has 1 aromatic heterocycles. The molecule has 1 atom stereocenters. The molecule has 0 radical (unpaired) electrons. The highest BCUT2D eigenvalue weighted by Crippen LogP contribution is 2.32. The molecule has 0 spiro atoms. The van der Waals surface area contributed by atoms with Crippen LogP contribution in [0.4, 0.5) is 13.2 Å². The molecule has 0 aliphatic rings. The number of hydrogen-bond donors (Lipinski definition) is 1. The van der Waals surface area contributed by atoms with Crippen molar-refractivity contribution in [3.8, 4) is 0 Å². The van der Waals surface area contributed by atoms with Gasteiger partial charge in [0.15, 0.2) is 0 Å². The number of benzene rings is 1. The Balaban J connectivity index is 2.28. The number of hydrogen-bond acceptors (Lipinski definition) is 4. The van der Waals surface area contributed by atoms with Crippen LogP contribution in [0.2, 0.25) is 0 Å². The summed E-state index contributed by atoms with van der Waals surface area (Å²) in [5, 5.41) is 14.0. The van der Waals surface area contributed by atoms with Gasteiger partial charge in [-0.25, -0.2) is 0 Å². The summed E-state index contributed by atoms with van der Waals surface area (Å²) in [7, 11) is 0. The van der Waals surface area contributed by atoms with Gasteiger partial charge in [0, 0.05) is 0 Å². The van der Waals surface area contributed by atoms with E-state index in [4.69, 9.17) is 0 Å². The molecular formula is C12H11F3N2OS. The van der Waals surface area contributed by atoms with E-state index in [-0.39, 0.29) is 0 Å². The molecule has 0 bridgehead atoms. The van der Waals surface area contributed by atoms with Gasteiger partial charge in [0.1, 0.15) is 6.10 Å². The first-order valence-electron chi connectivity index (χ1n) is 5.59. The van der Waals surface area contributed by atoms with Crippen LogP contribution in [-0.2, 0) is 12.6 Å². The van der Waals surface area contributed by atoms with Gasteiger partial charge in [-0.1, -0.05) is 23.5 Å². The second kappa shape index (κ2) is 5.26. The summed E-state index contributed by atoms with van der Waals surface area (Å²) < 4.78 is 41.0. The summed E-state index contributed by atoms with van der Waals surface area (Å²) in [4.78, 5) is 0.572. The number of aryl methyl sites for hydroxylation is 1. The molecule has 0 aliphatic carbocycles. The van der Waals surface area contributed by atoms with Crippen molar-refractivity contribution < 1.29 is 18.3 Å². The molecule has 102 valence electrons. The molecule has 2 aromatic rings. The molecule has 19 heavy (non-hydrogen) atoms. The third kappa shape index (κ3) is 2.93. The van der Waals surface area contributed by atoms with Gasteiger partial charge in [-0.2, -0.15) is 13.2 Å². The Morgan fingerprint density at radius 2 is 1.89 bits per heavy atom. The Bertz CT molecular complexity index is 551. The molecule has 3 nitrogen and oxygen atoms in total. The van der Waals surface area contributed by atoms with Crippen molar-refractivity contribution >= 4 is 11.5 Å². The zero-order valence-electron chi connectivity index (χ0n) is 9.98.